The number of benzene rings is 1. The van der Waals surface area contributed by atoms with Gasteiger partial charge in [-0.1, -0.05) is 6.07 Å². The van der Waals surface area contributed by atoms with Gasteiger partial charge in [-0.15, -0.1) is 0 Å². The monoisotopic (exact) mass is 354 g/mol. The third kappa shape index (κ3) is 2.47. The zero-order valence-electron chi connectivity index (χ0n) is 14.7. The van der Waals surface area contributed by atoms with Crippen molar-refractivity contribution in [3.05, 3.63) is 46.8 Å². The summed E-state index contributed by atoms with van der Waals surface area (Å²) in [4.78, 5) is 21.2. The molecule has 3 heterocycles. The highest BCUT2D eigenvalue weighted by atomic mass is 19.1. The molecule has 0 aliphatic carbocycles. The first kappa shape index (κ1) is 16.7. The van der Waals surface area contributed by atoms with Crippen LogP contribution in [0.5, 0.6) is 0 Å². The highest BCUT2D eigenvalue weighted by Crippen LogP contribution is 2.48. The SMILES string of the molecule is Cc1nc(C2CN(C)CC23CN(C(=O)c2cccc(F)c2C#N)C3)n[nH]1. The Morgan fingerprint density at radius 1 is 1.42 bits per heavy atom. The number of likely N-dealkylation sites (N-methyl/N-ethyl adjacent to an activating group) is 1. The maximum Gasteiger partial charge on any atom is 0.255 e. The summed E-state index contributed by atoms with van der Waals surface area (Å²) >= 11 is 0. The summed E-state index contributed by atoms with van der Waals surface area (Å²) in [5.41, 5.74) is -0.166. The molecule has 0 bridgehead atoms. The van der Waals surface area contributed by atoms with E-state index < -0.39 is 5.82 Å². The smallest absolute Gasteiger partial charge is 0.255 e. The Bertz CT molecular complexity index is 911. The van der Waals surface area contributed by atoms with Crippen molar-refractivity contribution in [2.75, 3.05) is 33.2 Å². The van der Waals surface area contributed by atoms with E-state index in [0.29, 0.717) is 13.1 Å². The number of aryl methyl sites for hydroxylation is 1. The Morgan fingerprint density at radius 2 is 2.19 bits per heavy atom. The number of hydrogen-bond acceptors (Lipinski definition) is 5. The number of hydrogen-bond donors (Lipinski definition) is 1. The summed E-state index contributed by atoms with van der Waals surface area (Å²) < 4.78 is 13.8. The first-order valence-electron chi connectivity index (χ1n) is 8.49. The normalized spacial score (nSPS) is 21.6. The van der Waals surface area contributed by atoms with Gasteiger partial charge in [-0.2, -0.15) is 10.4 Å². The van der Waals surface area contributed by atoms with Gasteiger partial charge in [-0.3, -0.25) is 9.89 Å². The van der Waals surface area contributed by atoms with Gasteiger partial charge < -0.3 is 9.80 Å². The third-order valence-corrected chi connectivity index (χ3v) is 5.40. The van der Waals surface area contributed by atoms with Gasteiger partial charge in [0, 0.05) is 37.5 Å². The summed E-state index contributed by atoms with van der Waals surface area (Å²) in [5, 5.41) is 16.4. The van der Waals surface area contributed by atoms with Crippen LogP contribution in [0.4, 0.5) is 4.39 Å². The molecule has 8 heteroatoms. The number of aromatic amines is 1. The van der Waals surface area contributed by atoms with Gasteiger partial charge in [0.1, 0.15) is 23.3 Å². The molecule has 1 atom stereocenters. The summed E-state index contributed by atoms with van der Waals surface area (Å²) in [6, 6.07) is 5.96. The van der Waals surface area contributed by atoms with Crippen molar-refractivity contribution in [3.63, 3.8) is 0 Å². The lowest BCUT2D eigenvalue weighted by Crippen LogP contribution is -2.61. The molecule has 1 aromatic carbocycles. The number of likely N-dealkylation sites (tertiary alicyclic amines) is 2. The molecule has 26 heavy (non-hydrogen) atoms. The van der Waals surface area contributed by atoms with Crippen LogP contribution in [0, 0.1) is 29.5 Å². The summed E-state index contributed by atoms with van der Waals surface area (Å²) in [6.45, 7) is 4.66. The summed E-state index contributed by atoms with van der Waals surface area (Å²) in [5.74, 6) is 0.733. The number of aromatic nitrogens is 3. The maximum absolute atomic E-state index is 13.8. The van der Waals surface area contributed by atoms with Crippen molar-refractivity contribution in [1.82, 2.24) is 25.0 Å². The standard InChI is InChI=1S/C18H19FN6O/c1-11-21-16(23-22-11)14-7-24(2)8-18(14)9-25(10-18)17(26)12-4-3-5-15(19)13(12)6-20/h3-5,14H,7-10H2,1-2H3,(H,21,22,23). The topological polar surface area (TPSA) is 88.9 Å². The molecular formula is C18H19FN6O. The molecule has 134 valence electrons. The Kier molecular flexibility index (Phi) is 3.77. The van der Waals surface area contributed by atoms with E-state index in [1.165, 1.54) is 18.2 Å². The lowest BCUT2D eigenvalue weighted by molar-refractivity contribution is 0.00295. The fourth-order valence-electron chi connectivity index (χ4n) is 4.25. The zero-order valence-corrected chi connectivity index (χ0v) is 14.7. The molecule has 0 radical (unpaired) electrons. The molecule has 7 nitrogen and oxygen atoms in total. The minimum Gasteiger partial charge on any atom is -0.337 e. The van der Waals surface area contributed by atoms with Crippen LogP contribution in [-0.4, -0.2) is 64.1 Å². The van der Waals surface area contributed by atoms with Crippen molar-refractivity contribution in [2.45, 2.75) is 12.8 Å². The lowest BCUT2D eigenvalue weighted by atomic mass is 9.71. The lowest BCUT2D eigenvalue weighted by Gasteiger charge is -2.50. The summed E-state index contributed by atoms with van der Waals surface area (Å²) in [6.07, 6.45) is 0. The predicted molar refractivity (Wildman–Crippen MR) is 90.8 cm³/mol. The van der Waals surface area contributed by atoms with Crippen LogP contribution in [-0.2, 0) is 0 Å². The van der Waals surface area contributed by atoms with Crippen molar-refractivity contribution >= 4 is 5.91 Å². The van der Waals surface area contributed by atoms with E-state index in [1.54, 1.807) is 11.0 Å². The maximum atomic E-state index is 13.8. The van der Waals surface area contributed by atoms with Crippen molar-refractivity contribution in [2.24, 2.45) is 5.41 Å². The molecule has 2 aliphatic rings. The zero-order chi connectivity index (χ0) is 18.5. The number of carbonyl (C=O) groups excluding carboxylic acids is 1. The van der Waals surface area contributed by atoms with Crippen LogP contribution in [0.1, 0.15) is 33.5 Å². The van der Waals surface area contributed by atoms with Gasteiger partial charge in [-0.25, -0.2) is 9.37 Å². The second-order valence-electron chi connectivity index (χ2n) is 7.33. The molecule has 4 rings (SSSR count). The third-order valence-electron chi connectivity index (χ3n) is 5.40. The van der Waals surface area contributed by atoms with E-state index in [4.69, 9.17) is 5.26 Å². The average molecular weight is 354 g/mol. The van der Waals surface area contributed by atoms with Crippen LogP contribution in [0.3, 0.4) is 0 Å². The largest absolute Gasteiger partial charge is 0.337 e. The number of nitrogens with zero attached hydrogens (tertiary/aromatic N) is 5. The molecule has 2 aromatic rings. The fourth-order valence-corrected chi connectivity index (χ4v) is 4.25. The number of amides is 1. The van der Waals surface area contributed by atoms with Crippen LogP contribution in [0.15, 0.2) is 18.2 Å². The Morgan fingerprint density at radius 3 is 2.85 bits per heavy atom. The Labute approximate surface area is 150 Å². The van der Waals surface area contributed by atoms with Gasteiger partial charge in [0.2, 0.25) is 0 Å². The molecule has 2 fully saturated rings. The van der Waals surface area contributed by atoms with Gasteiger partial charge in [0.25, 0.3) is 5.91 Å². The van der Waals surface area contributed by atoms with Gasteiger partial charge in [0.15, 0.2) is 5.82 Å². The van der Waals surface area contributed by atoms with Gasteiger partial charge >= 0.3 is 0 Å². The van der Waals surface area contributed by atoms with E-state index in [-0.39, 0.29) is 28.4 Å². The molecule has 1 amide bonds. The van der Waals surface area contributed by atoms with Gasteiger partial charge in [-0.05, 0) is 26.1 Å². The Balaban J connectivity index is 1.56. The average Bonchev–Trinajstić information content (AvgIpc) is 3.15. The van der Waals surface area contributed by atoms with Crippen molar-refractivity contribution in [3.8, 4) is 6.07 Å². The van der Waals surface area contributed by atoms with Crippen LogP contribution in [0.25, 0.3) is 0 Å². The number of rotatable bonds is 2. The number of nitrogens with one attached hydrogen (secondary N) is 1. The van der Waals surface area contributed by atoms with E-state index in [2.05, 4.69) is 20.1 Å². The summed E-state index contributed by atoms with van der Waals surface area (Å²) in [7, 11) is 2.05. The highest BCUT2D eigenvalue weighted by Gasteiger charge is 2.56. The van der Waals surface area contributed by atoms with Crippen molar-refractivity contribution in [1.29, 1.82) is 5.26 Å². The number of carbonyl (C=O) groups is 1. The first-order valence-corrected chi connectivity index (χ1v) is 8.49. The second-order valence-corrected chi connectivity index (χ2v) is 7.33. The first-order chi connectivity index (χ1) is 12.4. The molecule has 1 unspecified atom stereocenters. The van der Waals surface area contributed by atoms with E-state index in [1.807, 2.05) is 14.0 Å². The quantitative estimate of drug-likeness (QED) is 0.878. The molecular weight excluding hydrogens is 335 g/mol. The van der Waals surface area contributed by atoms with E-state index in [0.717, 1.165) is 24.7 Å². The van der Waals surface area contributed by atoms with E-state index >= 15 is 0 Å². The number of nitriles is 1. The molecule has 1 spiro atoms. The van der Waals surface area contributed by atoms with Crippen LogP contribution < -0.4 is 0 Å². The number of H-pyrrole nitrogens is 1. The minimum absolute atomic E-state index is 0.0980. The molecule has 2 saturated heterocycles. The number of halogens is 1. The predicted octanol–water partition coefficient (Wildman–Crippen LogP) is 1.30. The molecule has 2 aliphatic heterocycles. The van der Waals surface area contributed by atoms with Crippen LogP contribution in [0.2, 0.25) is 0 Å². The van der Waals surface area contributed by atoms with E-state index in [9.17, 15) is 9.18 Å². The van der Waals surface area contributed by atoms with Gasteiger partial charge in [0.05, 0.1) is 5.56 Å². The second kappa shape index (κ2) is 5.88. The Hall–Kier alpha value is -2.79. The highest BCUT2D eigenvalue weighted by molar-refractivity contribution is 5.97. The van der Waals surface area contributed by atoms with Crippen LogP contribution >= 0.6 is 0 Å². The fraction of sp³-hybridized carbons (Fsp3) is 0.444. The van der Waals surface area contributed by atoms with Crippen molar-refractivity contribution < 1.29 is 9.18 Å². The molecule has 1 N–H and O–H groups in total. The molecule has 0 saturated carbocycles. The minimum atomic E-state index is -0.664. The molecule has 1 aromatic heterocycles.